The first kappa shape index (κ1) is 29.6. The van der Waals surface area contributed by atoms with Gasteiger partial charge in [0.1, 0.15) is 18.5 Å². The molecule has 1 aromatic carbocycles. The van der Waals surface area contributed by atoms with Crippen molar-refractivity contribution in [2.45, 2.75) is 37.8 Å². The Morgan fingerprint density at radius 1 is 1.23 bits per heavy atom. The fourth-order valence-electron chi connectivity index (χ4n) is 4.80. The van der Waals surface area contributed by atoms with Crippen molar-refractivity contribution >= 4 is 17.5 Å². The molecule has 2 aliphatic rings. The van der Waals surface area contributed by atoms with Crippen LogP contribution in [-0.4, -0.2) is 89.6 Å². The van der Waals surface area contributed by atoms with Crippen LogP contribution < -0.4 is 15.4 Å². The maximum absolute atomic E-state index is 14.1. The number of likely N-dealkylation sites (tertiary alicyclic amines) is 1. The third-order valence-electron chi connectivity index (χ3n) is 6.91. The van der Waals surface area contributed by atoms with E-state index in [1.807, 2.05) is 23.1 Å². The van der Waals surface area contributed by atoms with E-state index in [0.29, 0.717) is 43.3 Å². The monoisotopic (exact) mass is 565 g/mol. The molecule has 0 unspecified atom stereocenters. The second-order valence-corrected chi connectivity index (χ2v) is 9.81. The molecule has 1 saturated heterocycles. The zero-order valence-electron chi connectivity index (χ0n) is 22.4. The molecule has 3 atom stereocenters. The Labute approximate surface area is 230 Å². The van der Waals surface area contributed by atoms with E-state index < -0.39 is 48.2 Å². The standard InChI is InChI=1S/C27H34F3N5O5/c1-16-25(35(18-6-4-3-5-7-18)33-26(16)40-15-19(37)14-36)32-27(38)31-23-13-34(8-9-39-2)12-20(23)17-10-21(28)24(30)22(29)11-17/h4,6-7,10-11,19-20,23,36-37H,3,5,8-9,12-15H2,1-2H3,(H2,31,32,38)/t19-,20-,23+/m0/s1. The van der Waals surface area contributed by atoms with Crippen LogP contribution in [0.4, 0.5) is 23.8 Å². The number of methoxy groups -OCH3 is 1. The number of halogens is 3. The van der Waals surface area contributed by atoms with Gasteiger partial charge in [-0.15, -0.1) is 5.10 Å². The molecule has 0 saturated carbocycles. The van der Waals surface area contributed by atoms with Crippen molar-refractivity contribution in [3.8, 4) is 5.88 Å². The summed E-state index contributed by atoms with van der Waals surface area (Å²) in [5.74, 6) is -4.14. The summed E-state index contributed by atoms with van der Waals surface area (Å²) in [5.41, 5.74) is 1.44. The fourth-order valence-corrected chi connectivity index (χ4v) is 4.80. The van der Waals surface area contributed by atoms with Gasteiger partial charge in [0.05, 0.1) is 30.5 Å². The number of aliphatic hydroxyl groups excluding tert-OH is 2. The normalized spacial score (nSPS) is 19.9. The summed E-state index contributed by atoms with van der Waals surface area (Å²) in [5, 5.41) is 29.0. The molecule has 0 radical (unpaired) electrons. The van der Waals surface area contributed by atoms with Crippen LogP contribution >= 0.6 is 0 Å². The Morgan fingerprint density at radius 2 is 1.98 bits per heavy atom. The summed E-state index contributed by atoms with van der Waals surface area (Å²) < 4.78 is 54.0. The summed E-state index contributed by atoms with van der Waals surface area (Å²) in [4.78, 5) is 15.3. The Bertz CT molecular complexity index is 1240. The number of hydrogen-bond acceptors (Lipinski definition) is 7. The number of ether oxygens (including phenoxy) is 2. The van der Waals surface area contributed by atoms with Gasteiger partial charge in [-0.3, -0.25) is 10.2 Å². The number of aliphatic hydroxyl groups is 2. The fraction of sp³-hybridized carbons (Fsp3) is 0.481. The van der Waals surface area contributed by atoms with Gasteiger partial charge >= 0.3 is 6.03 Å². The number of aromatic nitrogens is 2. The largest absolute Gasteiger partial charge is 0.474 e. The number of urea groups is 1. The molecule has 10 nitrogen and oxygen atoms in total. The molecule has 2 heterocycles. The Hall–Kier alpha value is -3.39. The van der Waals surface area contributed by atoms with Gasteiger partial charge < -0.3 is 25.0 Å². The van der Waals surface area contributed by atoms with Crippen LogP contribution in [0, 0.1) is 24.4 Å². The first-order valence-corrected chi connectivity index (χ1v) is 13.0. The van der Waals surface area contributed by atoms with Crippen LogP contribution in [0.15, 0.2) is 30.4 Å². The quantitative estimate of drug-likeness (QED) is 0.309. The third-order valence-corrected chi connectivity index (χ3v) is 6.91. The van der Waals surface area contributed by atoms with E-state index >= 15 is 0 Å². The smallest absolute Gasteiger partial charge is 0.320 e. The molecule has 1 aliphatic heterocycles. The maximum atomic E-state index is 14.1. The highest BCUT2D eigenvalue weighted by molar-refractivity contribution is 5.90. The Kier molecular flexibility index (Phi) is 9.85. The summed E-state index contributed by atoms with van der Waals surface area (Å²) in [6.07, 6.45) is 6.35. The predicted molar refractivity (Wildman–Crippen MR) is 142 cm³/mol. The summed E-state index contributed by atoms with van der Waals surface area (Å²) >= 11 is 0. The number of allylic oxidation sites excluding steroid dienone is 4. The molecule has 2 aromatic rings. The number of nitrogens with zero attached hydrogens (tertiary/aromatic N) is 3. The Balaban J connectivity index is 1.57. The molecule has 0 spiro atoms. The van der Waals surface area contributed by atoms with Gasteiger partial charge in [0, 0.05) is 32.7 Å². The summed E-state index contributed by atoms with van der Waals surface area (Å²) in [7, 11) is 1.56. The molecule has 40 heavy (non-hydrogen) atoms. The highest BCUT2D eigenvalue weighted by Gasteiger charge is 2.36. The first-order valence-electron chi connectivity index (χ1n) is 13.0. The van der Waals surface area contributed by atoms with Crippen molar-refractivity contribution < 1.29 is 37.7 Å². The van der Waals surface area contributed by atoms with Crippen molar-refractivity contribution in [2.75, 3.05) is 51.9 Å². The number of nitrogens with one attached hydrogen (secondary N) is 2. The second-order valence-electron chi connectivity index (χ2n) is 9.81. The van der Waals surface area contributed by atoms with Gasteiger partial charge in [-0.25, -0.2) is 22.6 Å². The van der Waals surface area contributed by atoms with Crippen LogP contribution in [0.1, 0.15) is 29.9 Å². The van der Waals surface area contributed by atoms with Crippen molar-refractivity contribution in [2.24, 2.45) is 0 Å². The minimum atomic E-state index is -1.54. The van der Waals surface area contributed by atoms with E-state index in [-0.39, 0.29) is 18.1 Å². The number of anilines is 1. The number of amides is 2. The first-order chi connectivity index (χ1) is 19.2. The van der Waals surface area contributed by atoms with Gasteiger partial charge in [-0.05, 0) is 43.5 Å². The summed E-state index contributed by atoms with van der Waals surface area (Å²) in [6.45, 7) is 2.73. The zero-order chi connectivity index (χ0) is 28.8. The lowest BCUT2D eigenvalue weighted by molar-refractivity contribution is 0.0518. The molecular formula is C27H34F3N5O5. The van der Waals surface area contributed by atoms with Crippen LogP contribution in [0.2, 0.25) is 0 Å². The molecule has 218 valence electrons. The predicted octanol–water partition coefficient (Wildman–Crippen LogP) is 2.77. The van der Waals surface area contributed by atoms with Crippen molar-refractivity contribution in [3.05, 3.63) is 58.9 Å². The average molecular weight is 566 g/mol. The van der Waals surface area contributed by atoms with Crippen LogP contribution in [-0.2, 0) is 4.74 Å². The van der Waals surface area contributed by atoms with Gasteiger partial charge in [-0.1, -0.05) is 12.2 Å². The maximum Gasteiger partial charge on any atom is 0.320 e. The number of rotatable bonds is 11. The minimum absolute atomic E-state index is 0.171. The minimum Gasteiger partial charge on any atom is -0.474 e. The molecule has 1 aliphatic carbocycles. The second kappa shape index (κ2) is 13.3. The van der Waals surface area contributed by atoms with E-state index in [2.05, 4.69) is 15.7 Å². The molecule has 1 aromatic heterocycles. The van der Waals surface area contributed by atoms with Crippen molar-refractivity contribution in [1.29, 1.82) is 0 Å². The highest BCUT2D eigenvalue weighted by Crippen LogP contribution is 2.32. The molecule has 4 rings (SSSR count). The zero-order valence-corrected chi connectivity index (χ0v) is 22.4. The van der Waals surface area contributed by atoms with Crippen molar-refractivity contribution in [3.63, 3.8) is 0 Å². The number of carbonyl (C=O) groups excluding carboxylic acids is 1. The van der Waals surface area contributed by atoms with Gasteiger partial charge in [0.15, 0.2) is 17.5 Å². The molecule has 13 heteroatoms. The van der Waals surface area contributed by atoms with Crippen LogP contribution in [0.25, 0.3) is 5.70 Å². The molecule has 1 fully saturated rings. The molecule has 0 bridgehead atoms. The SMILES string of the molecule is COCCN1C[C@@H](NC(=O)Nc2c(C)c(OC[C@@H](O)CO)nn2C2=CCCC=C2)[C@H](c2cc(F)c(F)c(F)c2)C1. The molecule has 2 amide bonds. The Morgan fingerprint density at radius 3 is 2.62 bits per heavy atom. The lowest BCUT2D eigenvalue weighted by Crippen LogP contribution is -2.42. The average Bonchev–Trinajstić information content (AvgIpc) is 3.49. The van der Waals surface area contributed by atoms with E-state index in [1.54, 1.807) is 14.0 Å². The van der Waals surface area contributed by atoms with E-state index in [0.717, 1.165) is 25.0 Å². The third kappa shape index (κ3) is 6.84. The van der Waals surface area contributed by atoms with Crippen LogP contribution in [0.3, 0.4) is 0 Å². The van der Waals surface area contributed by atoms with Crippen LogP contribution in [0.5, 0.6) is 5.88 Å². The highest BCUT2D eigenvalue weighted by atomic mass is 19.2. The number of carbonyl (C=O) groups is 1. The lowest BCUT2D eigenvalue weighted by Gasteiger charge is -2.21. The lowest BCUT2D eigenvalue weighted by atomic mass is 9.94. The number of benzene rings is 1. The van der Waals surface area contributed by atoms with Gasteiger partial charge in [0.2, 0.25) is 5.88 Å². The van der Waals surface area contributed by atoms with E-state index in [1.165, 1.54) is 4.68 Å². The molecular weight excluding hydrogens is 531 g/mol. The number of hydrogen-bond donors (Lipinski definition) is 4. The van der Waals surface area contributed by atoms with Crippen molar-refractivity contribution in [1.82, 2.24) is 20.0 Å². The topological polar surface area (TPSA) is 121 Å². The van der Waals surface area contributed by atoms with E-state index in [4.69, 9.17) is 14.6 Å². The molecule has 4 N–H and O–H groups in total. The summed E-state index contributed by atoms with van der Waals surface area (Å²) in [6, 6.07) is 0.780. The van der Waals surface area contributed by atoms with Gasteiger partial charge in [-0.2, -0.15) is 0 Å². The van der Waals surface area contributed by atoms with Gasteiger partial charge in [0.25, 0.3) is 0 Å². The van der Waals surface area contributed by atoms with E-state index in [9.17, 15) is 23.1 Å².